The summed E-state index contributed by atoms with van der Waals surface area (Å²) in [4.78, 5) is 6.78. The minimum absolute atomic E-state index is 0.223. The van der Waals surface area contributed by atoms with Crippen LogP contribution in [0.3, 0.4) is 0 Å². The van der Waals surface area contributed by atoms with Crippen LogP contribution >= 0.6 is 0 Å². The first kappa shape index (κ1) is 13.0. The van der Waals surface area contributed by atoms with E-state index in [1.54, 1.807) is 0 Å². The fourth-order valence-electron chi connectivity index (χ4n) is 3.69. The number of anilines is 1. The van der Waals surface area contributed by atoms with Crippen LogP contribution in [0.4, 0.5) is 5.69 Å². The predicted molar refractivity (Wildman–Crippen MR) is 86.3 cm³/mol. The third-order valence-corrected chi connectivity index (χ3v) is 4.76. The van der Waals surface area contributed by atoms with Gasteiger partial charge in [-0.05, 0) is 30.2 Å². The highest BCUT2D eigenvalue weighted by atomic mass is 16.7. The quantitative estimate of drug-likeness (QED) is 0.878. The third kappa shape index (κ3) is 1.63. The second kappa shape index (κ2) is 4.49. The van der Waals surface area contributed by atoms with Crippen LogP contribution in [0.25, 0.3) is 0 Å². The molecule has 1 atom stereocenters. The second-order valence-electron chi connectivity index (χ2n) is 6.01. The van der Waals surface area contributed by atoms with Crippen molar-refractivity contribution in [2.75, 3.05) is 24.8 Å². The lowest BCUT2D eigenvalue weighted by atomic mass is 9.86. The molecule has 5 rings (SSSR count). The van der Waals surface area contributed by atoms with Crippen LogP contribution in [0.2, 0.25) is 0 Å². The molecule has 0 bridgehead atoms. The standard InChI is InChI=1S/C18H16N2O3/c21-18(12-6-7-15-16(10-12)23-11-22-15)13-4-1-2-5-14(13)20-9-3-8-19-17(18)20/h1-2,4-7,10,21H,3,8-9,11H2. The van der Waals surface area contributed by atoms with Gasteiger partial charge in [-0.2, -0.15) is 0 Å². The summed E-state index contributed by atoms with van der Waals surface area (Å²) < 4.78 is 10.9. The van der Waals surface area contributed by atoms with Crippen molar-refractivity contribution >= 4 is 11.5 Å². The van der Waals surface area contributed by atoms with E-state index in [9.17, 15) is 5.11 Å². The zero-order chi connectivity index (χ0) is 15.4. The van der Waals surface area contributed by atoms with Crippen LogP contribution in [0.1, 0.15) is 17.5 Å². The number of aliphatic hydroxyl groups is 1. The van der Waals surface area contributed by atoms with Crippen molar-refractivity contribution in [3.63, 3.8) is 0 Å². The van der Waals surface area contributed by atoms with Crippen LogP contribution in [0.5, 0.6) is 11.5 Å². The molecule has 0 radical (unpaired) electrons. The number of para-hydroxylation sites is 1. The van der Waals surface area contributed by atoms with Crippen molar-refractivity contribution in [2.45, 2.75) is 12.0 Å². The van der Waals surface area contributed by atoms with Gasteiger partial charge >= 0.3 is 0 Å². The van der Waals surface area contributed by atoms with Crippen LogP contribution in [-0.4, -0.2) is 30.8 Å². The maximum Gasteiger partial charge on any atom is 0.231 e. The van der Waals surface area contributed by atoms with E-state index in [0.29, 0.717) is 17.3 Å². The molecule has 0 saturated carbocycles. The van der Waals surface area contributed by atoms with Gasteiger partial charge in [0.2, 0.25) is 6.79 Å². The third-order valence-electron chi connectivity index (χ3n) is 4.76. The number of nitrogens with zero attached hydrogens (tertiary/aromatic N) is 2. The molecular formula is C18H16N2O3. The molecule has 0 amide bonds. The topological polar surface area (TPSA) is 54.3 Å². The van der Waals surface area contributed by atoms with Gasteiger partial charge in [0, 0.05) is 24.3 Å². The summed E-state index contributed by atoms with van der Waals surface area (Å²) in [6.45, 7) is 1.84. The van der Waals surface area contributed by atoms with E-state index in [0.717, 1.165) is 36.3 Å². The minimum Gasteiger partial charge on any atom is -0.454 e. The molecule has 0 fully saturated rings. The van der Waals surface area contributed by atoms with Gasteiger partial charge in [-0.25, -0.2) is 0 Å². The molecule has 3 aliphatic rings. The SMILES string of the molecule is OC1(c2ccc3c(c2)OCO3)C2=NCCCN2c2ccccc21. The number of benzene rings is 2. The van der Waals surface area contributed by atoms with Gasteiger partial charge in [0.25, 0.3) is 0 Å². The molecule has 0 spiro atoms. The highest BCUT2D eigenvalue weighted by Gasteiger charge is 2.49. The Labute approximate surface area is 133 Å². The lowest BCUT2D eigenvalue weighted by molar-refractivity contribution is 0.157. The van der Waals surface area contributed by atoms with E-state index >= 15 is 0 Å². The van der Waals surface area contributed by atoms with Gasteiger partial charge in [-0.3, -0.25) is 4.99 Å². The Bertz CT molecular complexity index is 833. The molecule has 3 aliphatic heterocycles. The molecule has 2 aromatic rings. The monoisotopic (exact) mass is 308 g/mol. The van der Waals surface area contributed by atoms with Crippen LogP contribution in [-0.2, 0) is 5.60 Å². The van der Waals surface area contributed by atoms with E-state index in [-0.39, 0.29) is 6.79 Å². The van der Waals surface area contributed by atoms with Crippen molar-refractivity contribution < 1.29 is 14.6 Å². The van der Waals surface area contributed by atoms with Crippen LogP contribution in [0, 0.1) is 0 Å². The Hall–Kier alpha value is -2.53. The van der Waals surface area contributed by atoms with Crippen molar-refractivity contribution in [3.05, 3.63) is 53.6 Å². The smallest absolute Gasteiger partial charge is 0.231 e. The number of ether oxygens (including phenoxy) is 2. The zero-order valence-corrected chi connectivity index (χ0v) is 12.5. The van der Waals surface area contributed by atoms with E-state index in [4.69, 9.17) is 9.47 Å². The minimum atomic E-state index is -1.24. The normalized spacial score (nSPS) is 24.2. The Kier molecular flexibility index (Phi) is 2.53. The number of amidine groups is 1. The summed E-state index contributed by atoms with van der Waals surface area (Å²) in [7, 11) is 0. The van der Waals surface area contributed by atoms with Crippen molar-refractivity contribution in [1.29, 1.82) is 0 Å². The summed E-state index contributed by atoms with van der Waals surface area (Å²) >= 11 is 0. The Morgan fingerprint density at radius 2 is 1.96 bits per heavy atom. The number of fused-ring (bicyclic) bond motifs is 4. The van der Waals surface area contributed by atoms with E-state index < -0.39 is 5.60 Å². The molecule has 5 heteroatoms. The van der Waals surface area contributed by atoms with E-state index in [1.807, 2.05) is 42.5 Å². The number of hydrogen-bond donors (Lipinski definition) is 1. The molecule has 3 heterocycles. The van der Waals surface area contributed by atoms with Gasteiger partial charge in [0.1, 0.15) is 5.84 Å². The van der Waals surface area contributed by atoms with Gasteiger partial charge in [-0.15, -0.1) is 0 Å². The number of rotatable bonds is 1. The molecule has 1 unspecified atom stereocenters. The summed E-state index contributed by atoms with van der Waals surface area (Å²) in [5.41, 5.74) is 1.43. The largest absolute Gasteiger partial charge is 0.454 e. The number of aliphatic imine (C=N–C) groups is 1. The number of hydrogen-bond acceptors (Lipinski definition) is 5. The molecule has 2 aromatic carbocycles. The summed E-state index contributed by atoms with van der Waals surface area (Å²) in [6.07, 6.45) is 0.995. The first-order chi connectivity index (χ1) is 11.3. The van der Waals surface area contributed by atoms with Crippen LogP contribution < -0.4 is 14.4 Å². The molecule has 23 heavy (non-hydrogen) atoms. The van der Waals surface area contributed by atoms with Gasteiger partial charge in [0.15, 0.2) is 17.1 Å². The van der Waals surface area contributed by atoms with Gasteiger partial charge < -0.3 is 19.5 Å². The summed E-state index contributed by atoms with van der Waals surface area (Å²) in [5.74, 6) is 2.10. The van der Waals surface area contributed by atoms with Crippen molar-refractivity contribution in [2.24, 2.45) is 4.99 Å². The van der Waals surface area contributed by atoms with Gasteiger partial charge in [0.05, 0.1) is 0 Å². The highest BCUT2D eigenvalue weighted by Crippen LogP contribution is 2.47. The predicted octanol–water partition coefficient (Wildman–Crippen LogP) is 2.27. The maximum atomic E-state index is 11.7. The van der Waals surface area contributed by atoms with E-state index in [1.165, 1.54) is 0 Å². The molecule has 0 aromatic heterocycles. The summed E-state index contributed by atoms with van der Waals surface area (Å²) in [5, 5.41) is 11.7. The lowest BCUT2D eigenvalue weighted by Crippen LogP contribution is -2.44. The molecule has 0 saturated heterocycles. The molecule has 1 N–H and O–H groups in total. The van der Waals surface area contributed by atoms with Crippen molar-refractivity contribution in [1.82, 2.24) is 0 Å². The average molecular weight is 308 g/mol. The summed E-state index contributed by atoms with van der Waals surface area (Å²) in [6, 6.07) is 13.6. The fraction of sp³-hybridized carbons (Fsp3) is 0.278. The molecule has 5 nitrogen and oxygen atoms in total. The lowest BCUT2D eigenvalue weighted by Gasteiger charge is -2.30. The molecule has 0 aliphatic carbocycles. The first-order valence-electron chi connectivity index (χ1n) is 7.83. The van der Waals surface area contributed by atoms with Crippen LogP contribution in [0.15, 0.2) is 47.5 Å². The van der Waals surface area contributed by atoms with E-state index in [2.05, 4.69) is 9.89 Å². The highest BCUT2D eigenvalue weighted by molar-refractivity contribution is 6.12. The van der Waals surface area contributed by atoms with Crippen molar-refractivity contribution in [3.8, 4) is 11.5 Å². The maximum absolute atomic E-state index is 11.7. The first-order valence-corrected chi connectivity index (χ1v) is 7.83. The fourth-order valence-corrected chi connectivity index (χ4v) is 3.69. The zero-order valence-electron chi connectivity index (χ0n) is 12.5. The molecule has 116 valence electrons. The molecular weight excluding hydrogens is 292 g/mol. The Morgan fingerprint density at radius 3 is 2.91 bits per heavy atom. The second-order valence-corrected chi connectivity index (χ2v) is 6.01. The average Bonchev–Trinajstić information content (AvgIpc) is 3.17. The Morgan fingerprint density at radius 1 is 1.09 bits per heavy atom. The van der Waals surface area contributed by atoms with Gasteiger partial charge in [-0.1, -0.05) is 24.3 Å². The Balaban J connectivity index is 1.75.